The van der Waals surface area contributed by atoms with E-state index in [1.807, 2.05) is 38.1 Å². The minimum Gasteiger partial charge on any atom is -0.480 e. The van der Waals surface area contributed by atoms with Crippen molar-refractivity contribution in [3.63, 3.8) is 0 Å². The van der Waals surface area contributed by atoms with Crippen LogP contribution in [0.5, 0.6) is 0 Å². The van der Waals surface area contributed by atoms with Crippen LogP contribution in [-0.4, -0.2) is 24.2 Å². The zero-order valence-electron chi connectivity index (χ0n) is 10.4. The molecule has 0 aromatic heterocycles. The van der Waals surface area contributed by atoms with E-state index in [0.717, 1.165) is 11.1 Å². The highest BCUT2D eigenvalue weighted by atomic mass is 16.4. The summed E-state index contributed by atoms with van der Waals surface area (Å²) in [7, 11) is 0. The van der Waals surface area contributed by atoms with Gasteiger partial charge in [0.05, 0.1) is 0 Å². The predicted molar refractivity (Wildman–Crippen MR) is 67.8 cm³/mol. The third-order valence-corrected chi connectivity index (χ3v) is 3.01. The molecule has 4 heteroatoms. The molecule has 4 N–H and O–H groups in total. The molecule has 0 radical (unpaired) electrons. The van der Waals surface area contributed by atoms with Crippen molar-refractivity contribution in [3.8, 4) is 0 Å². The second-order valence-electron chi connectivity index (χ2n) is 4.15. The first-order chi connectivity index (χ1) is 8.06. The fourth-order valence-electron chi connectivity index (χ4n) is 1.91. The minimum atomic E-state index is -1.03. The molecule has 0 saturated carbocycles. The number of carboxylic acid groups (broad SMARTS) is 1. The summed E-state index contributed by atoms with van der Waals surface area (Å²) in [6, 6.07) is 7.56. The lowest BCUT2D eigenvalue weighted by Crippen LogP contribution is -2.50. The van der Waals surface area contributed by atoms with Crippen molar-refractivity contribution in [3.05, 3.63) is 35.4 Å². The van der Waals surface area contributed by atoms with E-state index in [-0.39, 0.29) is 0 Å². The number of nitrogens with one attached hydrogen (secondary N) is 1. The quantitative estimate of drug-likeness (QED) is 0.694. The van der Waals surface area contributed by atoms with Gasteiger partial charge in [-0.05, 0) is 18.9 Å². The van der Waals surface area contributed by atoms with Crippen molar-refractivity contribution in [1.82, 2.24) is 5.32 Å². The fourth-order valence-corrected chi connectivity index (χ4v) is 1.91. The molecule has 0 bridgehead atoms. The average Bonchev–Trinajstić information content (AvgIpc) is 2.32. The molecular formula is C13H20N2O2. The highest BCUT2D eigenvalue weighted by Crippen LogP contribution is 2.25. The Hall–Kier alpha value is -1.39. The molecule has 1 unspecified atom stereocenters. The van der Waals surface area contributed by atoms with Gasteiger partial charge in [0, 0.05) is 13.1 Å². The monoisotopic (exact) mass is 236 g/mol. The standard InChI is InChI=1S/C13H20N2O2/c1-3-13(12(16)17,15-9-8-14)11-6-4-10(2)5-7-11/h4-7,15H,3,8-9,14H2,1-2H3,(H,16,17). The SMILES string of the molecule is CCC(NCCN)(C(=O)O)c1ccc(C)cc1. The number of rotatable bonds is 6. The first-order valence-corrected chi connectivity index (χ1v) is 5.82. The summed E-state index contributed by atoms with van der Waals surface area (Å²) in [6.07, 6.45) is 0.478. The Kier molecular flexibility index (Phi) is 4.66. The Morgan fingerprint density at radius 1 is 1.41 bits per heavy atom. The maximum Gasteiger partial charge on any atom is 0.328 e. The summed E-state index contributed by atoms with van der Waals surface area (Å²) in [5, 5.41) is 12.5. The second kappa shape index (κ2) is 5.80. The van der Waals surface area contributed by atoms with Gasteiger partial charge < -0.3 is 10.8 Å². The van der Waals surface area contributed by atoms with Gasteiger partial charge >= 0.3 is 5.97 Å². The zero-order chi connectivity index (χ0) is 12.9. The molecule has 0 fully saturated rings. The van der Waals surface area contributed by atoms with E-state index in [4.69, 9.17) is 5.73 Å². The van der Waals surface area contributed by atoms with E-state index < -0.39 is 11.5 Å². The molecule has 0 spiro atoms. The summed E-state index contributed by atoms with van der Waals surface area (Å²) in [6.45, 7) is 4.73. The van der Waals surface area contributed by atoms with Crippen LogP contribution in [0.25, 0.3) is 0 Å². The summed E-state index contributed by atoms with van der Waals surface area (Å²) < 4.78 is 0. The fraction of sp³-hybridized carbons (Fsp3) is 0.462. The number of hydrogen-bond acceptors (Lipinski definition) is 3. The van der Waals surface area contributed by atoms with Crippen molar-refractivity contribution in [1.29, 1.82) is 0 Å². The predicted octanol–water partition coefficient (Wildman–Crippen LogP) is 1.23. The molecule has 0 aliphatic rings. The molecule has 17 heavy (non-hydrogen) atoms. The van der Waals surface area contributed by atoms with E-state index in [1.54, 1.807) is 0 Å². The normalized spacial score (nSPS) is 14.3. The maximum absolute atomic E-state index is 11.5. The van der Waals surface area contributed by atoms with Gasteiger partial charge in [-0.2, -0.15) is 0 Å². The second-order valence-corrected chi connectivity index (χ2v) is 4.15. The maximum atomic E-state index is 11.5. The van der Waals surface area contributed by atoms with Gasteiger partial charge in [-0.15, -0.1) is 0 Å². The topological polar surface area (TPSA) is 75.3 Å². The van der Waals surface area contributed by atoms with Crippen LogP contribution < -0.4 is 11.1 Å². The van der Waals surface area contributed by atoms with Crippen LogP contribution in [0.3, 0.4) is 0 Å². The van der Waals surface area contributed by atoms with Crippen LogP contribution >= 0.6 is 0 Å². The third kappa shape index (κ3) is 2.84. The Morgan fingerprint density at radius 2 is 2.00 bits per heavy atom. The Labute approximate surface area is 102 Å². The highest BCUT2D eigenvalue weighted by Gasteiger charge is 2.37. The summed E-state index contributed by atoms with van der Waals surface area (Å²) in [5.41, 5.74) is 6.29. The lowest BCUT2D eigenvalue weighted by Gasteiger charge is -2.30. The molecule has 0 aliphatic heterocycles. The molecule has 1 aromatic carbocycles. The highest BCUT2D eigenvalue weighted by molar-refractivity contribution is 5.80. The van der Waals surface area contributed by atoms with E-state index in [9.17, 15) is 9.90 Å². The number of hydrogen-bond donors (Lipinski definition) is 3. The van der Waals surface area contributed by atoms with Crippen LogP contribution in [0.1, 0.15) is 24.5 Å². The van der Waals surface area contributed by atoms with Gasteiger partial charge in [0.2, 0.25) is 0 Å². The molecule has 0 amide bonds. The third-order valence-electron chi connectivity index (χ3n) is 3.01. The van der Waals surface area contributed by atoms with Crippen LogP contribution in [0.15, 0.2) is 24.3 Å². The molecule has 0 heterocycles. The molecule has 0 saturated heterocycles. The van der Waals surface area contributed by atoms with Crippen molar-refractivity contribution in [2.75, 3.05) is 13.1 Å². The first kappa shape index (κ1) is 13.7. The molecule has 1 atom stereocenters. The lowest BCUT2D eigenvalue weighted by atomic mass is 9.86. The smallest absolute Gasteiger partial charge is 0.328 e. The summed E-state index contributed by atoms with van der Waals surface area (Å²) in [5.74, 6) is -0.864. The zero-order valence-corrected chi connectivity index (χ0v) is 10.4. The van der Waals surface area contributed by atoms with Gasteiger partial charge in [0.15, 0.2) is 0 Å². The number of carboxylic acids is 1. The molecule has 94 valence electrons. The number of benzene rings is 1. The summed E-state index contributed by atoms with van der Waals surface area (Å²) >= 11 is 0. The van der Waals surface area contributed by atoms with Gasteiger partial charge in [0.25, 0.3) is 0 Å². The Balaban J connectivity index is 3.12. The molecule has 1 rings (SSSR count). The van der Waals surface area contributed by atoms with Crippen molar-refractivity contribution >= 4 is 5.97 Å². The molecule has 1 aromatic rings. The van der Waals surface area contributed by atoms with Crippen LogP contribution in [-0.2, 0) is 10.3 Å². The van der Waals surface area contributed by atoms with Crippen molar-refractivity contribution < 1.29 is 9.90 Å². The van der Waals surface area contributed by atoms with Gasteiger partial charge in [-0.3, -0.25) is 5.32 Å². The van der Waals surface area contributed by atoms with Crippen molar-refractivity contribution in [2.24, 2.45) is 5.73 Å². The average molecular weight is 236 g/mol. The first-order valence-electron chi connectivity index (χ1n) is 5.82. The molecule has 0 aliphatic carbocycles. The van der Waals surface area contributed by atoms with E-state index >= 15 is 0 Å². The minimum absolute atomic E-state index is 0.418. The van der Waals surface area contributed by atoms with E-state index in [0.29, 0.717) is 19.5 Å². The van der Waals surface area contributed by atoms with Gasteiger partial charge in [0.1, 0.15) is 5.54 Å². The van der Waals surface area contributed by atoms with Gasteiger partial charge in [-0.25, -0.2) is 4.79 Å². The largest absolute Gasteiger partial charge is 0.480 e. The Bertz CT molecular complexity index is 376. The molecular weight excluding hydrogens is 216 g/mol. The van der Waals surface area contributed by atoms with Gasteiger partial charge in [-0.1, -0.05) is 36.8 Å². The lowest BCUT2D eigenvalue weighted by molar-refractivity contribution is -0.145. The number of carbonyl (C=O) groups is 1. The van der Waals surface area contributed by atoms with E-state index in [2.05, 4.69) is 5.32 Å². The van der Waals surface area contributed by atoms with E-state index in [1.165, 1.54) is 0 Å². The van der Waals surface area contributed by atoms with Crippen LogP contribution in [0, 0.1) is 6.92 Å². The number of nitrogens with two attached hydrogens (primary N) is 1. The summed E-state index contributed by atoms with van der Waals surface area (Å²) in [4.78, 5) is 11.5. The number of aryl methyl sites for hydroxylation is 1. The van der Waals surface area contributed by atoms with Crippen molar-refractivity contribution in [2.45, 2.75) is 25.8 Å². The van der Waals surface area contributed by atoms with Crippen LogP contribution in [0.4, 0.5) is 0 Å². The molecule has 4 nitrogen and oxygen atoms in total. The van der Waals surface area contributed by atoms with Crippen LogP contribution in [0.2, 0.25) is 0 Å². The Morgan fingerprint density at radius 3 is 2.41 bits per heavy atom. The number of aliphatic carboxylic acids is 1.